The van der Waals surface area contributed by atoms with E-state index < -0.39 is 11.8 Å². The second-order valence-corrected chi connectivity index (χ2v) is 4.35. The van der Waals surface area contributed by atoms with Gasteiger partial charge in [0.25, 0.3) is 0 Å². The number of aromatic carboxylic acids is 1. The summed E-state index contributed by atoms with van der Waals surface area (Å²) in [6.07, 6.45) is 3.19. The third kappa shape index (κ3) is 2.84. The molecular weight excluding hydrogens is 255 g/mol. The van der Waals surface area contributed by atoms with Crippen LogP contribution in [0.15, 0.2) is 41.8 Å². The minimum atomic E-state index is -1.27. The molecule has 0 saturated heterocycles. The molecule has 0 amide bonds. The van der Waals surface area contributed by atoms with Gasteiger partial charge in [0.05, 0.1) is 5.56 Å². The molecule has 2 rings (SSSR count). The number of carboxylic acid groups (broad SMARTS) is 1. The van der Waals surface area contributed by atoms with Crippen molar-refractivity contribution in [3.8, 4) is 0 Å². The summed E-state index contributed by atoms with van der Waals surface area (Å²) >= 11 is 1.25. The van der Waals surface area contributed by atoms with E-state index in [1.807, 2.05) is 0 Å². The number of rotatable bonds is 4. The summed E-state index contributed by atoms with van der Waals surface area (Å²) in [5.74, 6) is -1.68. The number of carbonyl (C=O) groups is 1. The molecule has 0 aliphatic rings. The number of nitrogens with zero attached hydrogens (tertiary/aromatic N) is 2. The molecule has 0 radical (unpaired) electrons. The van der Waals surface area contributed by atoms with E-state index in [0.717, 1.165) is 0 Å². The van der Waals surface area contributed by atoms with Crippen molar-refractivity contribution in [3.63, 3.8) is 0 Å². The Bertz CT molecular complexity index is 563. The summed E-state index contributed by atoms with van der Waals surface area (Å²) in [5.41, 5.74) is 0.00873. The van der Waals surface area contributed by atoms with Crippen molar-refractivity contribution in [2.24, 2.45) is 0 Å². The summed E-state index contributed by atoms with van der Waals surface area (Å²) in [6, 6.07) is 6.01. The number of carboxylic acids is 1. The van der Waals surface area contributed by atoms with E-state index in [1.165, 1.54) is 23.9 Å². The highest BCUT2D eigenvalue weighted by atomic mass is 32.2. The Hall–Kier alpha value is -1.95. The molecule has 0 spiro atoms. The molecule has 1 N–H and O–H groups in total. The predicted octanol–water partition coefficient (Wildman–Crippen LogP) is 2.61. The van der Waals surface area contributed by atoms with Gasteiger partial charge in [-0.15, -0.1) is 0 Å². The minimum absolute atomic E-state index is 0.289. The molecule has 4 nitrogen and oxygen atoms in total. The van der Waals surface area contributed by atoms with Crippen LogP contribution in [0, 0.1) is 5.82 Å². The van der Waals surface area contributed by atoms with E-state index in [0.29, 0.717) is 10.7 Å². The summed E-state index contributed by atoms with van der Waals surface area (Å²) in [7, 11) is 0. The minimum Gasteiger partial charge on any atom is -0.478 e. The summed E-state index contributed by atoms with van der Waals surface area (Å²) in [4.78, 5) is 18.8. The smallest absolute Gasteiger partial charge is 0.338 e. The average Bonchev–Trinajstić information content (AvgIpc) is 2.38. The van der Waals surface area contributed by atoms with E-state index in [2.05, 4.69) is 9.97 Å². The van der Waals surface area contributed by atoms with Crippen molar-refractivity contribution >= 4 is 17.7 Å². The monoisotopic (exact) mass is 264 g/mol. The van der Waals surface area contributed by atoms with Crippen LogP contribution >= 0.6 is 11.8 Å². The lowest BCUT2D eigenvalue weighted by atomic mass is 10.1. The SMILES string of the molecule is O=C(O)c1cccc(CSc2ncccn2)c1F. The molecule has 0 aliphatic heterocycles. The normalized spacial score (nSPS) is 10.3. The van der Waals surface area contributed by atoms with E-state index >= 15 is 0 Å². The van der Waals surface area contributed by atoms with Gasteiger partial charge in [-0.05, 0) is 17.7 Å². The van der Waals surface area contributed by atoms with E-state index in [-0.39, 0.29) is 11.3 Å². The van der Waals surface area contributed by atoms with E-state index in [1.54, 1.807) is 24.5 Å². The first-order chi connectivity index (χ1) is 8.68. The van der Waals surface area contributed by atoms with E-state index in [4.69, 9.17) is 5.11 Å². The van der Waals surface area contributed by atoms with Gasteiger partial charge in [0.1, 0.15) is 5.82 Å². The summed E-state index contributed by atoms with van der Waals surface area (Å²) < 4.78 is 13.8. The zero-order valence-electron chi connectivity index (χ0n) is 9.21. The van der Waals surface area contributed by atoms with Crippen molar-refractivity contribution in [1.82, 2.24) is 9.97 Å². The Kier molecular flexibility index (Phi) is 3.88. The van der Waals surface area contributed by atoms with Gasteiger partial charge in [0.2, 0.25) is 0 Å². The molecule has 2 aromatic rings. The van der Waals surface area contributed by atoms with Gasteiger partial charge in [0, 0.05) is 18.1 Å². The third-order valence-electron chi connectivity index (χ3n) is 2.21. The topological polar surface area (TPSA) is 63.1 Å². The number of halogens is 1. The van der Waals surface area contributed by atoms with Crippen LogP contribution < -0.4 is 0 Å². The quantitative estimate of drug-likeness (QED) is 0.679. The number of benzene rings is 1. The van der Waals surface area contributed by atoms with Gasteiger partial charge < -0.3 is 5.11 Å². The Morgan fingerprint density at radius 1 is 1.28 bits per heavy atom. The first-order valence-corrected chi connectivity index (χ1v) is 6.07. The molecular formula is C12H9FN2O2S. The molecule has 92 valence electrons. The lowest BCUT2D eigenvalue weighted by Gasteiger charge is -2.04. The number of thioether (sulfide) groups is 1. The highest BCUT2D eigenvalue weighted by Crippen LogP contribution is 2.22. The Morgan fingerprint density at radius 3 is 2.67 bits per heavy atom. The van der Waals surface area contributed by atoms with Crippen LogP contribution in [0.3, 0.4) is 0 Å². The fourth-order valence-electron chi connectivity index (χ4n) is 1.36. The van der Waals surface area contributed by atoms with Crippen LogP contribution in [0.5, 0.6) is 0 Å². The highest BCUT2D eigenvalue weighted by Gasteiger charge is 2.13. The molecule has 0 aliphatic carbocycles. The molecule has 18 heavy (non-hydrogen) atoms. The molecule has 1 heterocycles. The molecule has 0 atom stereocenters. The maximum absolute atomic E-state index is 13.8. The number of hydrogen-bond acceptors (Lipinski definition) is 4. The van der Waals surface area contributed by atoms with Crippen molar-refractivity contribution in [2.45, 2.75) is 10.9 Å². The summed E-state index contributed by atoms with van der Waals surface area (Å²) in [6.45, 7) is 0. The first kappa shape index (κ1) is 12.5. The lowest BCUT2D eigenvalue weighted by molar-refractivity contribution is 0.0691. The van der Waals surface area contributed by atoms with Gasteiger partial charge >= 0.3 is 5.97 Å². The van der Waals surface area contributed by atoms with Crippen molar-refractivity contribution in [1.29, 1.82) is 0 Å². The van der Waals surface area contributed by atoms with Crippen LogP contribution in [0.1, 0.15) is 15.9 Å². The predicted molar refractivity (Wildman–Crippen MR) is 65.0 cm³/mol. The van der Waals surface area contributed by atoms with Crippen LogP contribution in [-0.4, -0.2) is 21.0 Å². The number of aromatic nitrogens is 2. The van der Waals surface area contributed by atoms with Gasteiger partial charge in [-0.1, -0.05) is 23.9 Å². The van der Waals surface area contributed by atoms with Crippen molar-refractivity contribution in [2.75, 3.05) is 0 Å². The van der Waals surface area contributed by atoms with Crippen LogP contribution in [0.25, 0.3) is 0 Å². The van der Waals surface area contributed by atoms with Gasteiger partial charge in [-0.3, -0.25) is 0 Å². The molecule has 0 unspecified atom stereocenters. The second-order valence-electron chi connectivity index (χ2n) is 3.40. The fourth-order valence-corrected chi connectivity index (χ4v) is 2.14. The fraction of sp³-hybridized carbons (Fsp3) is 0.0833. The van der Waals surface area contributed by atoms with Gasteiger partial charge in [-0.25, -0.2) is 19.2 Å². The zero-order valence-corrected chi connectivity index (χ0v) is 10.0. The average molecular weight is 264 g/mol. The molecule has 0 fully saturated rings. The molecule has 1 aromatic carbocycles. The summed E-state index contributed by atoms with van der Waals surface area (Å²) in [5, 5.41) is 9.33. The zero-order chi connectivity index (χ0) is 13.0. The van der Waals surface area contributed by atoms with Crippen LogP contribution in [0.4, 0.5) is 4.39 Å². The Morgan fingerprint density at radius 2 is 2.00 bits per heavy atom. The number of hydrogen-bond donors (Lipinski definition) is 1. The molecule has 6 heteroatoms. The van der Waals surface area contributed by atoms with Crippen LogP contribution in [0.2, 0.25) is 0 Å². The molecule has 0 bridgehead atoms. The lowest BCUT2D eigenvalue weighted by Crippen LogP contribution is -2.03. The molecule has 0 saturated carbocycles. The standard InChI is InChI=1S/C12H9FN2O2S/c13-10-8(3-1-4-9(10)11(16)17)7-18-12-14-5-2-6-15-12/h1-6H,7H2,(H,16,17). The maximum Gasteiger partial charge on any atom is 0.338 e. The first-order valence-electron chi connectivity index (χ1n) is 5.09. The highest BCUT2D eigenvalue weighted by molar-refractivity contribution is 7.98. The van der Waals surface area contributed by atoms with E-state index in [9.17, 15) is 9.18 Å². The maximum atomic E-state index is 13.8. The third-order valence-corrected chi connectivity index (χ3v) is 3.13. The van der Waals surface area contributed by atoms with Gasteiger partial charge in [0.15, 0.2) is 5.16 Å². The Balaban J connectivity index is 2.15. The Labute approximate surface area is 107 Å². The van der Waals surface area contributed by atoms with Crippen LogP contribution in [-0.2, 0) is 5.75 Å². The van der Waals surface area contributed by atoms with Gasteiger partial charge in [-0.2, -0.15) is 0 Å². The van der Waals surface area contributed by atoms with Crippen molar-refractivity contribution < 1.29 is 14.3 Å². The van der Waals surface area contributed by atoms with Crippen molar-refractivity contribution in [3.05, 3.63) is 53.6 Å². The second kappa shape index (κ2) is 5.59. The largest absolute Gasteiger partial charge is 0.478 e. The molecule has 1 aromatic heterocycles.